The Labute approximate surface area is 187 Å². The number of aromatic amines is 2. The largest absolute Gasteiger partial charge is 0.353 e. The first-order valence-electron chi connectivity index (χ1n) is 10.2. The van der Waals surface area contributed by atoms with Crippen molar-refractivity contribution in [2.45, 2.75) is 12.8 Å². The number of fused-ring (bicyclic) bond motifs is 2. The molecule has 4 aromatic rings. The SMILES string of the molecule is O=C(NCCN1CCCC1)c1c(-c2cc3cc(Cl)ccc3[nH]2)[nH]c2cc(Br)ccc12. The van der Waals surface area contributed by atoms with Gasteiger partial charge in [0.15, 0.2) is 0 Å². The number of likely N-dealkylation sites (tertiary alicyclic amines) is 1. The number of nitrogens with zero attached hydrogens (tertiary/aromatic N) is 1. The summed E-state index contributed by atoms with van der Waals surface area (Å²) < 4.78 is 0.965. The highest BCUT2D eigenvalue weighted by Crippen LogP contribution is 2.33. The molecule has 0 radical (unpaired) electrons. The van der Waals surface area contributed by atoms with Crippen LogP contribution in [-0.4, -0.2) is 47.0 Å². The minimum absolute atomic E-state index is 0.0607. The van der Waals surface area contributed by atoms with Crippen molar-refractivity contribution in [3.63, 3.8) is 0 Å². The Morgan fingerprint density at radius 1 is 1.07 bits per heavy atom. The zero-order chi connectivity index (χ0) is 20.7. The van der Waals surface area contributed by atoms with E-state index in [1.54, 1.807) is 0 Å². The van der Waals surface area contributed by atoms with Gasteiger partial charge in [0.1, 0.15) is 0 Å². The van der Waals surface area contributed by atoms with Crippen molar-refractivity contribution in [1.29, 1.82) is 0 Å². The van der Waals surface area contributed by atoms with Crippen LogP contribution in [0, 0.1) is 0 Å². The van der Waals surface area contributed by atoms with Crippen molar-refractivity contribution in [3.8, 4) is 11.4 Å². The van der Waals surface area contributed by atoms with E-state index in [4.69, 9.17) is 11.6 Å². The molecule has 1 saturated heterocycles. The molecule has 0 saturated carbocycles. The average Bonchev–Trinajstić information content (AvgIpc) is 3.44. The summed E-state index contributed by atoms with van der Waals surface area (Å²) in [6, 6.07) is 13.7. The van der Waals surface area contributed by atoms with Gasteiger partial charge in [-0.15, -0.1) is 0 Å². The highest BCUT2D eigenvalue weighted by molar-refractivity contribution is 9.10. The summed E-state index contributed by atoms with van der Waals surface area (Å²) in [5, 5.41) is 5.73. The fourth-order valence-electron chi connectivity index (χ4n) is 4.27. The molecular weight excluding hydrogens is 464 g/mol. The first kappa shape index (κ1) is 19.7. The summed E-state index contributed by atoms with van der Waals surface area (Å²) >= 11 is 9.68. The van der Waals surface area contributed by atoms with Gasteiger partial charge in [-0.2, -0.15) is 0 Å². The van der Waals surface area contributed by atoms with E-state index in [2.05, 4.69) is 36.1 Å². The molecule has 1 fully saturated rings. The lowest BCUT2D eigenvalue weighted by Gasteiger charge is -2.14. The maximum absolute atomic E-state index is 13.2. The van der Waals surface area contributed by atoms with Crippen molar-refractivity contribution in [1.82, 2.24) is 20.2 Å². The molecule has 1 aliphatic heterocycles. The summed E-state index contributed by atoms with van der Waals surface area (Å²) in [6.07, 6.45) is 2.50. The number of carbonyl (C=O) groups excluding carboxylic acids is 1. The normalized spacial score (nSPS) is 14.7. The zero-order valence-corrected chi connectivity index (χ0v) is 18.7. The molecule has 0 unspecified atom stereocenters. The summed E-state index contributed by atoms with van der Waals surface area (Å²) in [7, 11) is 0. The van der Waals surface area contributed by atoms with E-state index in [1.165, 1.54) is 12.8 Å². The Hall–Kier alpha value is -2.28. The van der Waals surface area contributed by atoms with Crippen LogP contribution in [0.25, 0.3) is 33.2 Å². The Morgan fingerprint density at radius 2 is 1.90 bits per heavy atom. The van der Waals surface area contributed by atoms with Gasteiger partial charge < -0.3 is 20.2 Å². The lowest BCUT2D eigenvalue weighted by atomic mass is 10.1. The maximum Gasteiger partial charge on any atom is 0.254 e. The van der Waals surface area contributed by atoms with E-state index in [0.717, 1.165) is 57.3 Å². The molecule has 7 heteroatoms. The molecule has 5 nitrogen and oxygen atoms in total. The predicted molar refractivity (Wildman–Crippen MR) is 126 cm³/mol. The summed E-state index contributed by atoms with van der Waals surface area (Å²) in [5.41, 5.74) is 4.21. The van der Waals surface area contributed by atoms with Crippen molar-refractivity contribution >= 4 is 55.2 Å². The fraction of sp³-hybridized carbons (Fsp3) is 0.261. The molecule has 0 spiro atoms. The van der Waals surface area contributed by atoms with E-state index in [9.17, 15) is 4.79 Å². The Morgan fingerprint density at radius 3 is 2.73 bits per heavy atom. The second kappa shape index (κ2) is 8.10. The third-order valence-electron chi connectivity index (χ3n) is 5.75. The number of rotatable bonds is 5. The van der Waals surface area contributed by atoms with Crippen molar-refractivity contribution in [2.24, 2.45) is 0 Å². The first-order chi connectivity index (χ1) is 14.6. The van der Waals surface area contributed by atoms with Crippen LogP contribution in [0.3, 0.4) is 0 Å². The van der Waals surface area contributed by atoms with Gasteiger partial charge in [-0.3, -0.25) is 4.79 Å². The fourth-order valence-corrected chi connectivity index (χ4v) is 4.81. The lowest BCUT2D eigenvalue weighted by molar-refractivity contribution is 0.0952. The van der Waals surface area contributed by atoms with Crippen molar-refractivity contribution in [2.75, 3.05) is 26.2 Å². The standard InChI is InChI=1S/C23H22BrClN4O/c24-15-3-5-17-19(13-15)28-22(20-12-14-11-16(25)4-6-18(14)27-20)21(17)23(30)26-7-10-29-8-1-2-9-29/h3-6,11-13,27-28H,1-2,7-10H2,(H,26,30). The van der Waals surface area contributed by atoms with Crippen molar-refractivity contribution in [3.05, 3.63) is 57.5 Å². The number of carbonyl (C=O) groups is 1. The number of benzene rings is 2. The number of nitrogens with one attached hydrogen (secondary N) is 3. The van der Waals surface area contributed by atoms with Crippen LogP contribution >= 0.6 is 27.5 Å². The maximum atomic E-state index is 13.2. The Balaban J connectivity index is 1.52. The molecule has 2 aromatic carbocycles. The number of amides is 1. The van der Waals surface area contributed by atoms with Crippen LogP contribution in [0.15, 0.2) is 46.9 Å². The van der Waals surface area contributed by atoms with Gasteiger partial charge in [0.05, 0.1) is 17.0 Å². The molecule has 0 aliphatic carbocycles. The molecule has 30 heavy (non-hydrogen) atoms. The van der Waals surface area contributed by atoms with Crippen molar-refractivity contribution < 1.29 is 4.79 Å². The van der Waals surface area contributed by atoms with E-state index in [0.29, 0.717) is 17.1 Å². The second-order valence-corrected chi connectivity index (χ2v) is 9.14. The second-order valence-electron chi connectivity index (χ2n) is 7.78. The van der Waals surface area contributed by atoms with E-state index in [1.807, 2.05) is 42.5 Å². The first-order valence-corrected chi connectivity index (χ1v) is 11.4. The van der Waals surface area contributed by atoms with Gasteiger partial charge in [0.25, 0.3) is 5.91 Å². The average molecular weight is 486 g/mol. The lowest BCUT2D eigenvalue weighted by Crippen LogP contribution is -2.33. The van der Waals surface area contributed by atoms with Gasteiger partial charge in [-0.05, 0) is 62.3 Å². The molecule has 3 heterocycles. The van der Waals surface area contributed by atoms with Crippen LogP contribution in [-0.2, 0) is 0 Å². The molecule has 0 atom stereocenters. The molecule has 5 rings (SSSR count). The van der Waals surface area contributed by atoms with Crippen LogP contribution in [0.5, 0.6) is 0 Å². The molecule has 0 bridgehead atoms. The molecule has 2 aromatic heterocycles. The third kappa shape index (κ3) is 3.75. The quantitative estimate of drug-likeness (QED) is 0.347. The predicted octanol–water partition coefficient (Wildman–Crippen LogP) is 5.56. The van der Waals surface area contributed by atoms with Crippen LogP contribution < -0.4 is 5.32 Å². The van der Waals surface area contributed by atoms with E-state index in [-0.39, 0.29) is 5.91 Å². The number of halogens is 2. The van der Waals surface area contributed by atoms with E-state index < -0.39 is 0 Å². The number of aromatic nitrogens is 2. The van der Waals surface area contributed by atoms with Gasteiger partial charge >= 0.3 is 0 Å². The summed E-state index contributed by atoms with van der Waals surface area (Å²) in [6.45, 7) is 3.78. The highest BCUT2D eigenvalue weighted by Gasteiger charge is 2.21. The molecular formula is C23H22BrClN4O. The molecule has 1 aliphatic rings. The van der Waals surface area contributed by atoms with Crippen LogP contribution in [0.1, 0.15) is 23.2 Å². The minimum atomic E-state index is -0.0607. The van der Waals surface area contributed by atoms with Crippen LogP contribution in [0.4, 0.5) is 0 Å². The summed E-state index contributed by atoms with van der Waals surface area (Å²) in [5.74, 6) is -0.0607. The zero-order valence-electron chi connectivity index (χ0n) is 16.4. The Kier molecular flexibility index (Phi) is 5.31. The van der Waals surface area contributed by atoms with Gasteiger partial charge in [0.2, 0.25) is 0 Å². The Bertz CT molecular complexity index is 1240. The molecule has 3 N–H and O–H groups in total. The van der Waals surface area contributed by atoms with Crippen LogP contribution in [0.2, 0.25) is 5.02 Å². The van der Waals surface area contributed by atoms with Gasteiger partial charge in [-0.25, -0.2) is 0 Å². The monoisotopic (exact) mass is 484 g/mol. The highest BCUT2D eigenvalue weighted by atomic mass is 79.9. The van der Waals surface area contributed by atoms with E-state index >= 15 is 0 Å². The number of hydrogen-bond acceptors (Lipinski definition) is 2. The number of H-pyrrole nitrogens is 2. The molecule has 1 amide bonds. The van der Waals surface area contributed by atoms with Gasteiger partial charge in [-0.1, -0.05) is 33.6 Å². The number of hydrogen-bond donors (Lipinski definition) is 3. The topological polar surface area (TPSA) is 63.9 Å². The summed E-state index contributed by atoms with van der Waals surface area (Å²) in [4.78, 5) is 22.5. The third-order valence-corrected chi connectivity index (χ3v) is 6.48. The van der Waals surface area contributed by atoms with Gasteiger partial charge in [0, 0.05) is 44.4 Å². The molecule has 154 valence electrons. The minimum Gasteiger partial charge on any atom is -0.353 e. The smallest absolute Gasteiger partial charge is 0.254 e.